The summed E-state index contributed by atoms with van der Waals surface area (Å²) in [6, 6.07) is 2.65. The van der Waals surface area contributed by atoms with Crippen LogP contribution >= 0.6 is 0 Å². The molecule has 0 fully saturated rings. The lowest BCUT2D eigenvalue weighted by molar-refractivity contribution is 0.0945. The first-order valence-electron chi connectivity index (χ1n) is 7.35. The van der Waals surface area contributed by atoms with Gasteiger partial charge in [-0.05, 0) is 24.1 Å². The number of oxazole rings is 1. The van der Waals surface area contributed by atoms with Gasteiger partial charge in [-0.1, -0.05) is 20.3 Å². The Morgan fingerprint density at radius 2 is 2.17 bits per heavy atom. The lowest BCUT2D eigenvalue weighted by Crippen LogP contribution is -2.24. The molecule has 0 bridgehead atoms. The summed E-state index contributed by atoms with van der Waals surface area (Å²) in [5.74, 6) is -1.27. The van der Waals surface area contributed by atoms with E-state index in [0.717, 1.165) is 24.6 Å². The fourth-order valence-corrected chi connectivity index (χ4v) is 1.99. The average molecular weight is 323 g/mol. The molecule has 124 valence electrons. The van der Waals surface area contributed by atoms with Gasteiger partial charge < -0.3 is 15.5 Å². The molecule has 3 N–H and O–H groups in total. The highest BCUT2D eigenvalue weighted by Crippen LogP contribution is 2.21. The van der Waals surface area contributed by atoms with Gasteiger partial charge in [-0.15, -0.1) is 0 Å². The standard InChI is InChI=1S/C16H19F2N3O2/c1-3-9(2)14(19)16-21-13(8-23-16)15(22)20-7-10-6-11(17)4-5-12(10)18/h4-6,8-9,14H,3,7,19H2,1-2H3,(H,20,22). The first-order valence-corrected chi connectivity index (χ1v) is 7.35. The van der Waals surface area contributed by atoms with E-state index in [1.54, 1.807) is 0 Å². The molecule has 23 heavy (non-hydrogen) atoms. The van der Waals surface area contributed by atoms with E-state index >= 15 is 0 Å². The van der Waals surface area contributed by atoms with Crippen molar-refractivity contribution in [2.24, 2.45) is 11.7 Å². The summed E-state index contributed by atoms with van der Waals surface area (Å²) in [5.41, 5.74) is 6.09. The molecule has 0 spiro atoms. The van der Waals surface area contributed by atoms with Crippen molar-refractivity contribution in [3.8, 4) is 0 Å². The predicted octanol–water partition coefficient (Wildman–Crippen LogP) is 2.93. The molecule has 0 radical (unpaired) electrons. The van der Waals surface area contributed by atoms with Crippen LogP contribution in [0.2, 0.25) is 0 Å². The van der Waals surface area contributed by atoms with Crippen molar-refractivity contribution >= 4 is 5.91 Å². The van der Waals surface area contributed by atoms with Crippen LogP contribution in [0.15, 0.2) is 28.9 Å². The molecule has 0 aliphatic heterocycles. The zero-order valence-electron chi connectivity index (χ0n) is 13.0. The molecule has 2 atom stereocenters. The van der Waals surface area contributed by atoms with Crippen molar-refractivity contribution in [1.29, 1.82) is 0 Å². The van der Waals surface area contributed by atoms with E-state index in [-0.39, 0.29) is 29.6 Å². The second-order valence-corrected chi connectivity index (χ2v) is 5.40. The van der Waals surface area contributed by atoms with Gasteiger partial charge in [0.15, 0.2) is 5.69 Å². The maximum absolute atomic E-state index is 13.5. The number of rotatable bonds is 6. The lowest BCUT2D eigenvalue weighted by atomic mass is 10.0. The summed E-state index contributed by atoms with van der Waals surface area (Å²) in [6.07, 6.45) is 2.05. The van der Waals surface area contributed by atoms with E-state index in [9.17, 15) is 13.6 Å². The van der Waals surface area contributed by atoms with Crippen molar-refractivity contribution in [2.75, 3.05) is 0 Å². The Labute approximate surface area is 132 Å². The molecule has 7 heteroatoms. The summed E-state index contributed by atoms with van der Waals surface area (Å²) >= 11 is 0. The molecule has 1 aromatic heterocycles. The molecule has 0 aliphatic rings. The zero-order chi connectivity index (χ0) is 17.0. The average Bonchev–Trinajstić information content (AvgIpc) is 3.04. The van der Waals surface area contributed by atoms with Gasteiger partial charge in [0.25, 0.3) is 5.91 Å². The van der Waals surface area contributed by atoms with E-state index in [0.29, 0.717) is 0 Å². The summed E-state index contributed by atoms with van der Waals surface area (Å²) in [5, 5.41) is 2.47. The smallest absolute Gasteiger partial charge is 0.273 e. The van der Waals surface area contributed by atoms with Gasteiger partial charge >= 0.3 is 0 Å². The molecule has 2 rings (SSSR count). The van der Waals surface area contributed by atoms with Crippen LogP contribution in [0, 0.1) is 17.6 Å². The second kappa shape index (κ2) is 7.32. The molecule has 0 aliphatic carbocycles. The molecule has 2 aromatic rings. The Morgan fingerprint density at radius 3 is 2.87 bits per heavy atom. The monoisotopic (exact) mass is 323 g/mol. The summed E-state index contributed by atoms with van der Waals surface area (Å²) in [4.78, 5) is 16.1. The molecule has 1 heterocycles. The van der Waals surface area contributed by atoms with E-state index in [2.05, 4.69) is 10.3 Å². The number of benzene rings is 1. The van der Waals surface area contributed by atoms with Crippen LogP contribution in [0.25, 0.3) is 0 Å². The highest BCUT2D eigenvalue weighted by molar-refractivity contribution is 5.91. The third-order valence-electron chi connectivity index (χ3n) is 3.74. The second-order valence-electron chi connectivity index (χ2n) is 5.40. The van der Waals surface area contributed by atoms with Gasteiger partial charge in [-0.3, -0.25) is 4.79 Å². The van der Waals surface area contributed by atoms with Crippen LogP contribution in [-0.2, 0) is 6.54 Å². The molecular formula is C16H19F2N3O2. The highest BCUT2D eigenvalue weighted by atomic mass is 19.1. The van der Waals surface area contributed by atoms with Crippen LogP contribution in [0.4, 0.5) is 8.78 Å². The third-order valence-corrected chi connectivity index (χ3v) is 3.74. The highest BCUT2D eigenvalue weighted by Gasteiger charge is 2.21. The van der Waals surface area contributed by atoms with Crippen LogP contribution in [-0.4, -0.2) is 10.9 Å². The van der Waals surface area contributed by atoms with Crippen molar-refractivity contribution in [3.05, 3.63) is 53.2 Å². The lowest BCUT2D eigenvalue weighted by Gasteiger charge is -2.13. The third kappa shape index (κ3) is 4.13. The molecular weight excluding hydrogens is 304 g/mol. The van der Waals surface area contributed by atoms with Gasteiger partial charge in [-0.2, -0.15) is 0 Å². The number of hydrogen-bond acceptors (Lipinski definition) is 4. The van der Waals surface area contributed by atoms with Crippen LogP contribution in [0.5, 0.6) is 0 Å². The normalized spacial score (nSPS) is 13.6. The number of nitrogens with one attached hydrogen (secondary N) is 1. The molecule has 1 aromatic carbocycles. The van der Waals surface area contributed by atoms with Crippen LogP contribution in [0.1, 0.15) is 48.3 Å². The maximum atomic E-state index is 13.5. The SMILES string of the molecule is CCC(C)C(N)c1nc(C(=O)NCc2cc(F)ccc2F)co1. The van der Waals surface area contributed by atoms with Crippen LogP contribution in [0.3, 0.4) is 0 Å². The Bertz CT molecular complexity index is 688. The minimum atomic E-state index is -0.591. The minimum Gasteiger partial charge on any atom is -0.446 e. The first kappa shape index (κ1) is 17.1. The van der Waals surface area contributed by atoms with Gasteiger partial charge in [-0.25, -0.2) is 13.8 Å². The molecule has 1 amide bonds. The van der Waals surface area contributed by atoms with E-state index in [1.165, 1.54) is 6.26 Å². The van der Waals surface area contributed by atoms with E-state index in [1.807, 2.05) is 13.8 Å². The number of aromatic nitrogens is 1. The Balaban J connectivity index is 2.01. The van der Waals surface area contributed by atoms with Gasteiger partial charge in [0, 0.05) is 12.1 Å². The summed E-state index contributed by atoms with van der Waals surface area (Å²) in [6.45, 7) is 3.80. The van der Waals surface area contributed by atoms with Gasteiger partial charge in [0.05, 0.1) is 6.04 Å². The quantitative estimate of drug-likeness (QED) is 0.856. The Hall–Kier alpha value is -2.28. The van der Waals surface area contributed by atoms with E-state index < -0.39 is 23.6 Å². The summed E-state index contributed by atoms with van der Waals surface area (Å²) in [7, 11) is 0. The largest absolute Gasteiger partial charge is 0.446 e. The maximum Gasteiger partial charge on any atom is 0.273 e. The number of nitrogens with two attached hydrogens (primary N) is 1. The number of amides is 1. The van der Waals surface area contributed by atoms with Gasteiger partial charge in [0.2, 0.25) is 5.89 Å². The fourth-order valence-electron chi connectivity index (χ4n) is 1.99. The number of hydrogen-bond donors (Lipinski definition) is 2. The zero-order valence-corrected chi connectivity index (χ0v) is 13.0. The van der Waals surface area contributed by atoms with Crippen molar-refractivity contribution in [1.82, 2.24) is 10.3 Å². The Kier molecular flexibility index (Phi) is 5.44. The van der Waals surface area contributed by atoms with Crippen molar-refractivity contribution < 1.29 is 18.0 Å². The molecule has 5 nitrogen and oxygen atoms in total. The molecule has 2 unspecified atom stereocenters. The molecule has 0 saturated heterocycles. The van der Waals surface area contributed by atoms with Crippen molar-refractivity contribution in [2.45, 2.75) is 32.9 Å². The Morgan fingerprint density at radius 1 is 1.43 bits per heavy atom. The van der Waals surface area contributed by atoms with Gasteiger partial charge in [0.1, 0.15) is 17.9 Å². The van der Waals surface area contributed by atoms with E-state index in [4.69, 9.17) is 10.2 Å². The summed E-state index contributed by atoms with van der Waals surface area (Å²) < 4.78 is 31.8. The number of nitrogens with zero attached hydrogens (tertiary/aromatic N) is 1. The number of carbonyl (C=O) groups excluding carboxylic acids is 1. The predicted molar refractivity (Wildman–Crippen MR) is 80.4 cm³/mol. The van der Waals surface area contributed by atoms with Crippen molar-refractivity contribution in [3.63, 3.8) is 0 Å². The van der Waals surface area contributed by atoms with Crippen LogP contribution < -0.4 is 11.1 Å². The number of halogens is 2. The number of carbonyl (C=O) groups is 1. The minimum absolute atomic E-state index is 0.0514. The molecule has 0 saturated carbocycles. The topological polar surface area (TPSA) is 81.1 Å². The first-order chi connectivity index (χ1) is 10.9. The fraction of sp³-hybridized carbons (Fsp3) is 0.375.